The van der Waals surface area contributed by atoms with Crippen LogP contribution in [0.1, 0.15) is 53.3 Å². The first kappa shape index (κ1) is 19.3. The molecule has 1 aromatic carbocycles. The number of carbonyl (C=O) groups is 2. The fourth-order valence-corrected chi connectivity index (χ4v) is 2.29. The van der Waals surface area contributed by atoms with Crippen molar-refractivity contribution in [3.63, 3.8) is 0 Å². The normalized spacial score (nSPS) is 10.7. The molecular weight excluding hydrogens is 330 g/mol. The number of carbonyl (C=O) groups excluding carboxylic acids is 2. The zero-order chi connectivity index (χ0) is 18.6. The second-order valence-corrected chi connectivity index (χ2v) is 5.70. The van der Waals surface area contributed by atoms with Gasteiger partial charge in [-0.25, -0.2) is 5.43 Å². The molecule has 0 aliphatic rings. The minimum atomic E-state index is -0.406. The van der Waals surface area contributed by atoms with E-state index >= 15 is 0 Å². The smallest absolute Gasteiger partial charge is 0.271 e. The summed E-state index contributed by atoms with van der Waals surface area (Å²) in [5.41, 5.74) is 3.16. The molecule has 0 saturated carbocycles. The fourth-order valence-electron chi connectivity index (χ4n) is 2.29. The number of nitrogens with one attached hydrogen (secondary N) is 1. The highest BCUT2D eigenvalue weighted by Crippen LogP contribution is 2.18. The van der Waals surface area contributed by atoms with Crippen molar-refractivity contribution in [2.75, 3.05) is 6.61 Å². The molecule has 0 aliphatic heterocycles. The van der Waals surface area contributed by atoms with Gasteiger partial charge in [0, 0.05) is 18.0 Å². The number of nitrogens with zero attached hydrogens (tertiary/aromatic N) is 2. The Hall–Kier alpha value is -3.02. The van der Waals surface area contributed by atoms with Gasteiger partial charge in [-0.3, -0.25) is 14.6 Å². The van der Waals surface area contributed by atoms with E-state index in [1.165, 1.54) is 18.8 Å². The van der Waals surface area contributed by atoms with Crippen LogP contribution >= 0.6 is 0 Å². The van der Waals surface area contributed by atoms with Gasteiger partial charge < -0.3 is 4.74 Å². The summed E-state index contributed by atoms with van der Waals surface area (Å²) in [6.07, 6.45) is 8.50. The number of hydrogen-bond donors (Lipinski definition) is 1. The number of ketones is 1. The Kier molecular flexibility index (Phi) is 7.99. The monoisotopic (exact) mass is 353 g/mol. The SMILES string of the molecule is CCCCCCOc1ccccc1C(=O)/C=N\NC(=O)c1ccncc1. The molecule has 26 heavy (non-hydrogen) atoms. The summed E-state index contributed by atoms with van der Waals surface area (Å²) >= 11 is 0. The van der Waals surface area contributed by atoms with Gasteiger partial charge in [0.1, 0.15) is 5.75 Å². The lowest BCUT2D eigenvalue weighted by atomic mass is 10.1. The molecule has 136 valence electrons. The average Bonchev–Trinajstić information content (AvgIpc) is 2.68. The van der Waals surface area contributed by atoms with E-state index in [4.69, 9.17) is 4.74 Å². The van der Waals surface area contributed by atoms with Gasteiger partial charge >= 0.3 is 0 Å². The largest absolute Gasteiger partial charge is 0.493 e. The second-order valence-electron chi connectivity index (χ2n) is 5.70. The third kappa shape index (κ3) is 6.12. The van der Waals surface area contributed by atoms with Crippen LogP contribution in [0.15, 0.2) is 53.9 Å². The summed E-state index contributed by atoms with van der Waals surface area (Å²) in [4.78, 5) is 28.0. The van der Waals surface area contributed by atoms with Crippen LogP contribution in [0, 0.1) is 0 Å². The number of unbranched alkanes of at least 4 members (excludes halogenated alkanes) is 3. The Morgan fingerprint density at radius 2 is 1.88 bits per heavy atom. The number of hydrogen-bond acceptors (Lipinski definition) is 5. The highest BCUT2D eigenvalue weighted by Gasteiger charge is 2.10. The Morgan fingerprint density at radius 3 is 2.65 bits per heavy atom. The minimum Gasteiger partial charge on any atom is -0.493 e. The number of ether oxygens (including phenoxy) is 1. The predicted molar refractivity (Wildman–Crippen MR) is 101 cm³/mol. The van der Waals surface area contributed by atoms with Crippen molar-refractivity contribution in [3.8, 4) is 5.75 Å². The zero-order valence-electron chi connectivity index (χ0n) is 14.9. The van der Waals surface area contributed by atoms with Gasteiger partial charge in [0.2, 0.25) is 5.78 Å². The number of benzene rings is 1. The standard InChI is InChI=1S/C20H23N3O3/c1-2-3-4-7-14-26-19-9-6-5-8-17(19)18(24)15-22-23-20(25)16-10-12-21-13-11-16/h5-6,8-13,15H,2-4,7,14H2,1H3,(H,23,25)/b22-15-. The maximum absolute atomic E-state index is 12.3. The lowest BCUT2D eigenvalue weighted by Gasteiger charge is -2.09. The average molecular weight is 353 g/mol. The molecule has 2 rings (SSSR count). The molecule has 1 heterocycles. The number of Topliss-reactive ketones (excluding diaryl/α,β-unsaturated/α-hetero) is 1. The Bertz CT molecular complexity index is 745. The molecule has 0 saturated heterocycles. The molecule has 0 unspecified atom stereocenters. The van der Waals surface area contributed by atoms with Gasteiger partial charge in [-0.05, 0) is 30.7 Å². The number of aromatic nitrogens is 1. The Labute approximate surface area is 153 Å². The predicted octanol–water partition coefficient (Wildman–Crippen LogP) is 3.64. The molecule has 2 aromatic rings. The molecule has 1 amide bonds. The van der Waals surface area contributed by atoms with E-state index in [1.54, 1.807) is 30.3 Å². The van der Waals surface area contributed by atoms with Crippen LogP contribution in [0.3, 0.4) is 0 Å². The van der Waals surface area contributed by atoms with Crippen molar-refractivity contribution in [3.05, 3.63) is 59.9 Å². The van der Waals surface area contributed by atoms with Gasteiger partial charge in [0.15, 0.2) is 0 Å². The zero-order valence-corrected chi connectivity index (χ0v) is 14.9. The topological polar surface area (TPSA) is 80.6 Å². The van der Waals surface area contributed by atoms with Crippen LogP contribution < -0.4 is 10.2 Å². The van der Waals surface area contributed by atoms with Crippen molar-refractivity contribution >= 4 is 17.9 Å². The van der Waals surface area contributed by atoms with Crippen molar-refractivity contribution in [2.45, 2.75) is 32.6 Å². The quantitative estimate of drug-likeness (QED) is 0.306. The maximum Gasteiger partial charge on any atom is 0.271 e. The van der Waals surface area contributed by atoms with Gasteiger partial charge in [0.05, 0.1) is 18.4 Å². The lowest BCUT2D eigenvalue weighted by Crippen LogP contribution is -2.18. The first-order valence-corrected chi connectivity index (χ1v) is 8.72. The van der Waals surface area contributed by atoms with E-state index in [2.05, 4.69) is 22.4 Å². The Balaban J connectivity index is 1.91. The van der Waals surface area contributed by atoms with Crippen molar-refractivity contribution < 1.29 is 14.3 Å². The van der Waals surface area contributed by atoms with E-state index in [-0.39, 0.29) is 5.78 Å². The van der Waals surface area contributed by atoms with E-state index < -0.39 is 5.91 Å². The summed E-state index contributed by atoms with van der Waals surface area (Å²) in [7, 11) is 0. The molecule has 6 nitrogen and oxygen atoms in total. The molecule has 0 fully saturated rings. The first-order valence-electron chi connectivity index (χ1n) is 8.72. The van der Waals surface area contributed by atoms with Crippen LogP contribution in [-0.2, 0) is 0 Å². The number of hydrazone groups is 1. The third-order valence-corrected chi connectivity index (χ3v) is 3.70. The third-order valence-electron chi connectivity index (χ3n) is 3.70. The molecule has 1 N–H and O–H groups in total. The molecule has 6 heteroatoms. The maximum atomic E-state index is 12.3. The number of rotatable bonds is 10. The fraction of sp³-hybridized carbons (Fsp3) is 0.300. The van der Waals surface area contributed by atoms with E-state index in [0.29, 0.717) is 23.5 Å². The molecule has 1 aromatic heterocycles. The van der Waals surface area contributed by atoms with Crippen LogP contribution in [0.5, 0.6) is 5.75 Å². The number of pyridine rings is 1. The van der Waals surface area contributed by atoms with Crippen LogP contribution in [0.25, 0.3) is 0 Å². The van der Waals surface area contributed by atoms with Crippen LogP contribution in [0.2, 0.25) is 0 Å². The van der Waals surface area contributed by atoms with E-state index in [9.17, 15) is 9.59 Å². The second kappa shape index (κ2) is 10.8. The summed E-state index contributed by atoms with van der Waals surface area (Å²) in [5, 5.41) is 3.74. The highest BCUT2D eigenvalue weighted by molar-refractivity contribution is 6.36. The number of para-hydroxylation sites is 1. The van der Waals surface area contributed by atoms with E-state index in [0.717, 1.165) is 25.5 Å². The van der Waals surface area contributed by atoms with Crippen molar-refractivity contribution in [1.29, 1.82) is 0 Å². The number of amides is 1. The molecular formula is C20H23N3O3. The summed E-state index contributed by atoms with van der Waals surface area (Å²) in [6, 6.07) is 10.2. The van der Waals surface area contributed by atoms with E-state index in [1.807, 2.05) is 6.07 Å². The molecule has 0 spiro atoms. The van der Waals surface area contributed by atoms with Gasteiger partial charge in [0.25, 0.3) is 5.91 Å². The molecule has 0 bridgehead atoms. The summed E-state index contributed by atoms with van der Waals surface area (Å²) < 4.78 is 5.72. The first-order chi connectivity index (χ1) is 12.7. The van der Waals surface area contributed by atoms with Crippen LogP contribution in [0.4, 0.5) is 0 Å². The van der Waals surface area contributed by atoms with Gasteiger partial charge in [-0.1, -0.05) is 38.3 Å². The van der Waals surface area contributed by atoms with Crippen LogP contribution in [-0.4, -0.2) is 29.5 Å². The minimum absolute atomic E-state index is 0.329. The summed E-state index contributed by atoms with van der Waals surface area (Å²) in [6.45, 7) is 2.72. The summed E-state index contributed by atoms with van der Waals surface area (Å²) in [5.74, 6) is -0.206. The molecule has 0 aliphatic carbocycles. The van der Waals surface area contributed by atoms with Crippen molar-refractivity contribution in [1.82, 2.24) is 10.4 Å². The lowest BCUT2D eigenvalue weighted by molar-refractivity contribution is 0.0955. The molecule has 0 atom stereocenters. The van der Waals surface area contributed by atoms with Gasteiger partial charge in [-0.15, -0.1) is 0 Å². The highest BCUT2D eigenvalue weighted by atomic mass is 16.5. The Morgan fingerprint density at radius 1 is 1.12 bits per heavy atom. The van der Waals surface area contributed by atoms with Crippen molar-refractivity contribution in [2.24, 2.45) is 5.10 Å². The molecule has 0 radical (unpaired) electrons. The van der Waals surface area contributed by atoms with Gasteiger partial charge in [-0.2, -0.15) is 5.10 Å².